The molecule has 5 rings (SSSR count). The number of carbonyl (C=O) groups is 1. The van der Waals surface area contributed by atoms with Crippen LogP contribution in [-0.2, 0) is 13.1 Å². The van der Waals surface area contributed by atoms with Gasteiger partial charge in [-0.15, -0.1) is 0 Å². The van der Waals surface area contributed by atoms with Crippen molar-refractivity contribution in [2.24, 2.45) is 0 Å². The molecule has 220 valence electrons. The van der Waals surface area contributed by atoms with Crippen LogP contribution in [0.5, 0.6) is 0 Å². The third-order valence-corrected chi connectivity index (χ3v) is 7.56. The molecule has 9 heteroatoms. The van der Waals surface area contributed by atoms with Gasteiger partial charge in [0.25, 0.3) is 5.91 Å². The van der Waals surface area contributed by atoms with E-state index in [4.69, 9.17) is 4.98 Å². The standard InChI is InChI=1S/C33H42N8O/c1-39(2)18-6-17-34-33-37-30-8-5-4-7-29(30)31(38-33)35-23-25-11-15-28(16-12-25)36-32(42)27-13-9-26(10-14-27)24-41-21-19-40(3)20-22-41/h4-5,7-16H,6,17-24H2,1-3H3,(H,36,42)(H2,34,35,37,38). The lowest BCUT2D eigenvalue weighted by Crippen LogP contribution is -2.43. The molecule has 0 bridgehead atoms. The fourth-order valence-electron chi connectivity index (χ4n) is 5.01. The summed E-state index contributed by atoms with van der Waals surface area (Å²) < 4.78 is 0. The number of hydrogen-bond donors (Lipinski definition) is 3. The molecule has 4 aromatic rings. The molecule has 1 amide bonds. The van der Waals surface area contributed by atoms with E-state index in [0.29, 0.717) is 18.1 Å². The normalized spacial score (nSPS) is 14.3. The zero-order valence-electron chi connectivity index (χ0n) is 24.9. The number of aromatic nitrogens is 2. The van der Waals surface area contributed by atoms with Crippen molar-refractivity contribution in [3.8, 4) is 0 Å². The van der Waals surface area contributed by atoms with Gasteiger partial charge in [-0.3, -0.25) is 9.69 Å². The minimum absolute atomic E-state index is 0.106. The third-order valence-electron chi connectivity index (χ3n) is 7.56. The SMILES string of the molecule is CN(C)CCCNc1nc(NCc2ccc(NC(=O)c3ccc(CN4CCN(C)CC4)cc3)cc2)c2ccccc2n1. The maximum atomic E-state index is 12.9. The molecule has 0 unspecified atom stereocenters. The Morgan fingerprint density at radius 2 is 1.57 bits per heavy atom. The summed E-state index contributed by atoms with van der Waals surface area (Å²) in [5, 5.41) is 10.8. The number of nitrogens with one attached hydrogen (secondary N) is 3. The Hall–Kier alpha value is -4.05. The number of likely N-dealkylation sites (N-methyl/N-ethyl adjacent to an activating group) is 1. The summed E-state index contributed by atoms with van der Waals surface area (Å²) in [5.41, 5.74) is 4.64. The van der Waals surface area contributed by atoms with Crippen molar-refractivity contribution in [1.82, 2.24) is 24.7 Å². The van der Waals surface area contributed by atoms with Gasteiger partial charge in [-0.05, 0) is 81.6 Å². The Bertz CT molecular complexity index is 1450. The van der Waals surface area contributed by atoms with Gasteiger partial charge in [0.2, 0.25) is 5.95 Å². The van der Waals surface area contributed by atoms with Crippen molar-refractivity contribution in [3.05, 3.63) is 89.5 Å². The second-order valence-corrected chi connectivity index (χ2v) is 11.3. The van der Waals surface area contributed by atoms with Crippen molar-refractivity contribution in [2.45, 2.75) is 19.5 Å². The minimum atomic E-state index is -0.106. The number of amides is 1. The first-order valence-electron chi connectivity index (χ1n) is 14.7. The topological polar surface area (TPSA) is 88.7 Å². The summed E-state index contributed by atoms with van der Waals surface area (Å²) in [7, 11) is 6.31. The number of hydrogen-bond acceptors (Lipinski definition) is 8. The Morgan fingerprint density at radius 1 is 0.857 bits per heavy atom. The Kier molecular flexibility index (Phi) is 9.97. The monoisotopic (exact) mass is 566 g/mol. The van der Waals surface area contributed by atoms with E-state index in [1.807, 2.05) is 60.7 Å². The molecule has 9 nitrogen and oxygen atoms in total. The van der Waals surface area contributed by atoms with Crippen LogP contribution in [0.25, 0.3) is 10.9 Å². The smallest absolute Gasteiger partial charge is 0.255 e. The van der Waals surface area contributed by atoms with Gasteiger partial charge in [0.1, 0.15) is 5.82 Å². The van der Waals surface area contributed by atoms with Gasteiger partial charge < -0.3 is 25.8 Å². The Balaban J connectivity index is 1.15. The first-order chi connectivity index (χ1) is 20.4. The molecule has 3 N–H and O–H groups in total. The van der Waals surface area contributed by atoms with E-state index in [9.17, 15) is 4.79 Å². The molecular weight excluding hydrogens is 524 g/mol. The molecule has 1 aliphatic heterocycles. The summed E-state index contributed by atoms with van der Waals surface area (Å²) >= 11 is 0. The van der Waals surface area contributed by atoms with Crippen LogP contribution in [0.4, 0.5) is 17.5 Å². The van der Waals surface area contributed by atoms with Gasteiger partial charge in [0.05, 0.1) is 5.52 Å². The van der Waals surface area contributed by atoms with Gasteiger partial charge in [0.15, 0.2) is 0 Å². The van der Waals surface area contributed by atoms with Crippen LogP contribution in [0.1, 0.15) is 27.9 Å². The molecule has 0 atom stereocenters. The highest BCUT2D eigenvalue weighted by molar-refractivity contribution is 6.04. The fourth-order valence-corrected chi connectivity index (χ4v) is 5.01. The largest absolute Gasteiger partial charge is 0.365 e. The van der Waals surface area contributed by atoms with E-state index >= 15 is 0 Å². The summed E-state index contributed by atoms with van der Waals surface area (Å²) in [4.78, 5) is 29.3. The zero-order valence-corrected chi connectivity index (χ0v) is 24.9. The third kappa shape index (κ3) is 8.25. The van der Waals surface area contributed by atoms with E-state index in [2.05, 4.69) is 68.9 Å². The summed E-state index contributed by atoms with van der Waals surface area (Å²) in [5.74, 6) is 1.31. The predicted molar refractivity (Wildman–Crippen MR) is 172 cm³/mol. The maximum Gasteiger partial charge on any atom is 0.255 e. The molecule has 2 heterocycles. The molecule has 1 saturated heterocycles. The first kappa shape index (κ1) is 29.4. The van der Waals surface area contributed by atoms with Gasteiger partial charge in [-0.25, -0.2) is 4.98 Å². The number of nitrogens with zero attached hydrogens (tertiary/aromatic N) is 5. The van der Waals surface area contributed by atoms with Crippen molar-refractivity contribution < 1.29 is 4.79 Å². The van der Waals surface area contributed by atoms with E-state index in [1.54, 1.807) is 0 Å². The lowest BCUT2D eigenvalue weighted by Gasteiger charge is -2.32. The minimum Gasteiger partial charge on any atom is -0.365 e. The molecule has 1 aliphatic rings. The first-order valence-corrected chi connectivity index (χ1v) is 14.7. The van der Waals surface area contributed by atoms with Crippen LogP contribution in [0, 0.1) is 0 Å². The molecule has 0 radical (unpaired) electrons. The fraction of sp³-hybridized carbons (Fsp3) is 0.364. The molecule has 1 aromatic heterocycles. The number of carbonyl (C=O) groups excluding carboxylic acids is 1. The average Bonchev–Trinajstić information content (AvgIpc) is 3.00. The van der Waals surface area contributed by atoms with E-state index in [1.165, 1.54) is 5.56 Å². The van der Waals surface area contributed by atoms with Gasteiger partial charge >= 0.3 is 0 Å². The highest BCUT2D eigenvalue weighted by Crippen LogP contribution is 2.23. The Labute approximate surface area is 248 Å². The second-order valence-electron chi connectivity index (χ2n) is 11.3. The molecule has 42 heavy (non-hydrogen) atoms. The Morgan fingerprint density at radius 3 is 2.31 bits per heavy atom. The maximum absolute atomic E-state index is 12.9. The average molecular weight is 567 g/mol. The van der Waals surface area contributed by atoms with E-state index < -0.39 is 0 Å². The number of piperazine rings is 1. The number of benzene rings is 3. The lowest BCUT2D eigenvalue weighted by molar-refractivity contribution is 0.102. The molecular formula is C33H42N8O. The zero-order chi connectivity index (χ0) is 29.3. The van der Waals surface area contributed by atoms with E-state index in [-0.39, 0.29) is 5.91 Å². The van der Waals surface area contributed by atoms with Crippen LogP contribution < -0.4 is 16.0 Å². The van der Waals surface area contributed by atoms with Crippen LogP contribution in [0.15, 0.2) is 72.8 Å². The summed E-state index contributed by atoms with van der Waals surface area (Å²) in [6.45, 7) is 7.70. The van der Waals surface area contributed by atoms with Gasteiger partial charge in [-0.2, -0.15) is 4.98 Å². The van der Waals surface area contributed by atoms with E-state index in [0.717, 1.165) is 80.2 Å². The molecule has 0 spiro atoms. The highest BCUT2D eigenvalue weighted by Gasteiger charge is 2.14. The van der Waals surface area contributed by atoms with Crippen molar-refractivity contribution in [3.63, 3.8) is 0 Å². The van der Waals surface area contributed by atoms with Crippen LogP contribution in [0.3, 0.4) is 0 Å². The number of fused-ring (bicyclic) bond motifs is 1. The van der Waals surface area contributed by atoms with Crippen LogP contribution >= 0.6 is 0 Å². The summed E-state index contributed by atoms with van der Waals surface area (Å²) in [6.07, 6.45) is 1.01. The highest BCUT2D eigenvalue weighted by atomic mass is 16.1. The lowest BCUT2D eigenvalue weighted by atomic mass is 10.1. The van der Waals surface area contributed by atoms with Crippen molar-refractivity contribution in [2.75, 3.05) is 76.4 Å². The molecule has 0 aliphatic carbocycles. The molecule has 0 saturated carbocycles. The van der Waals surface area contributed by atoms with Crippen molar-refractivity contribution >= 4 is 34.3 Å². The molecule has 3 aromatic carbocycles. The van der Waals surface area contributed by atoms with Gasteiger partial charge in [0, 0.05) is 62.5 Å². The quantitative estimate of drug-likeness (QED) is 0.215. The number of rotatable bonds is 12. The number of anilines is 3. The number of para-hydroxylation sites is 1. The van der Waals surface area contributed by atoms with Crippen LogP contribution in [0.2, 0.25) is 0 Å². The van der Waals surface area contributed by atoms with Crippen LogP contribution in [-0.4, -0.2) is 91.0 Å². The summed E-state index contributed by atoms with van der Waals surface area (Å²) in [6, 6.07) is 23.9. The molecule has 1 fully saturated rings. The second kappa shape index (κ2) is 14.2. The van der Waals surface area contributed by atoms with Crippen molar-refractivity contribution in [1.29, 1.82) is 0 Å². The van der Waals surface area contributed by atoms with Gasteiger partial charge in [-0.1, -0.05) is 36.4 Å². The predicted octanol–water partition coefficient (Wildman–Crippen LogP) is 4.61.